The Bertz CT molecular complexity index is 267. The third kappa shape index (κ3) is 5.05. The van der Waals surface area contributed by atoms with Gasteiger partial charge in [-0.1, -0.05) is 19.8 Å². The molecule has 3 heteroatoms. The zero-order chi connectivity index (χ0) is 13.7. The first-order valence-corrected chi connectivity index (χ1v) is 8.13. The summed E-state index contributed by atoms with van der Waals surface area (Å²) in [6, 6.07) is 0.649. The van der Waals surface area contributed by atoms with Crippen LogP contribution in [-0.2, 0) is 4.74 Å². The molecule has 0 heterocycles. The Labute approximate surface area is 118 Å². The number of rotatable bonds is 8. The maximum Gasteiger partial charge on any atom is 0.0610 e. The van der Waals surface area contributed by atoms with Gasteiger partial charge < -0.3 is 15.2 Å². The van der Waals surface area contributed by atoms with Gasteiger partial charge in [0.25, 0.3) is 0 Å². The highest BCUT2D eigenvalue weighted by atomic mass is 16.5. The first kappa shape index (κ1) is 15.3. The Balaban J connectivity index is 1.61. The third-order valence-electron chi connectivity index (χ3n) is 4.72. The summed E-state index contributed by atoms with van der Waals surface area (Å²) >= 11 is 0. The first-order valence-electron chi connectivity index (χ1n) is 8.13. The predicted molar refractivity (Wildman–Crippen MR) is 78.3 cm³/mol. The van der Waals surface area contributed by atoms with E-state index in [-0.39, 0.29) is 12.1 Å². The third-order valence-corrected chi connectivity index (χ3v) is 4.72. The molecule has 0 bridgehead atoms. The van der Waals surface area contributed by atoms with Crippen LogP contribution in [0.15, 0.2) is 0 Å². The number of hydrogen-bond donors (Lipinski definition) is 2. The highest BCUT2D eigenvalue weighted by Crippen LogP contribution is 2.27. The van der Waals surface area contributed by atoms with Crippen molar-refractivity contribution in [3.8, 4) is 0 Å². The number of hydrogen-bond acceptors (Lipinski definition) is 3. The molecule has 0 saturated heterocycles. The standard InChI is InChI=1S/C16H31NO2/c1-13-6-3-4-7-15(13)19-11-5-10-16(2,12-18)17-14-8-9-14/h13-15,17-18H,3-12H2,1-2H3. The fraction of sp³-hybridized carbons (Fsp3) is 1.00. The van der Waals surface area contributed by atoms with Crippen LogP contribution in [0.5, 0.6) is 0 Å². The van der Waals surface area contributed by atoms with Gasteiger partial charge in [-0.2, -0.15) is 0 Å². The van der Waals surface area contributed by atoms with Gasteiger partial charge in [-0.15, -0.1) is 0 Å². The van der Waals surface area contributed by atoms with Gasteiger partial charge in [-0.25, -0.2) is 0 Å². The van der Waals surface area contributed by atoms with Crippen molar-refractivity contribution in [1.82, 2.24) is 5.32 Å². The van der Waals surface area contributed by atoms with Crippen LogP contribution in [0.1, 0.15) is 65.2 Å². The van der Waals surface area contributed by atoms with Gasteiger partial charge in [0, 0.05) is 18.2 Å². The minimum atomic E-state index is -0.108. The maximum absolute atomic E-state index is 9.55. The normalized spacial score (nSPS) is 31.1. The zero-order valence-corrected chi connectivity index (χ0v) is 12.7. The van der Waals surface area contributed by atoms with E-state index < -0.39 is 0 Å². The van der Waals surface area contributed by atoms with Gasteiger partial charge >= 0.3 is 0 Å². The molecule has 3 nitrogen and oxygen atoms in total. The molecule has 3 unspecified atom stereocenters. The van der Waals surface area contributed by atoms with E-state index in [1.807, 2.05) is 0 Å². The van der Waals surface area contributed by atoms with Crippen molar-refractivity contribution in [2.75, 3.05) is 13.2 Å². The molecule has 2 aliphatic rings. The lowest BCUT2D eigenvalue weighted by Gasteiger charge is -2.31. The quantitative estimate of drug-likeness (QED) is 0.666. The maximum atomic E-state index is 9.55. The molecule has 19 heavy (non-hydrogen) atoms. The summed E-state index contributed by atoms with van der Waals surface area (Å²) in [5, 5.41) is 13.1. The summed E-state index contributed by atoms with van der Waals surface area (Å²) < 4.78 is 6.05. The van der Waals surface area contributed by atoms with Gasteiger partial charge in [0.15, 0.2) is 0 Å². The number of ether oxygens (including phenoxy) is 1. The van der Waals surface area contributed by atoms with Crippen LogP contribution >= 0.6 is 0 Å². The van der Waals surface area contributed by atoms with Crippen LogP contribution in [0, 0.1) is 5.92 Å². The second kappa shape index (κ2) is 7.05. The molecule has 2 N–H and O–H groups in total. The van der Waals surface area contributed by atoms with Crippen LogP contribution in [0.4, 0.5) is 0 Å². The molecule has 0 aromatic rings. The summed E-state index contributed by atoms with van der Waals surface area (Å²) in [6.45, 7) is 5.52. The molecule has 0 aliphatic heterocycles. The summed E-state index contributed by atoms with van der Waals surface area (Å²) in [4.78, 5) is 0. The van der Waals surface area contributed by atoms with E-state index in [0.717, 1.165) is 25.4 Å². The smallest absolute Gasteiger partial charge is 0.0610 e. The largest absolute Gasteiger partial charge is 0.394 e. The van der Waals surface area contributed by atoms with Crippen molar-refractivity contribution in [3.05, 3.63) is 0 Å². The monoisotopic (exact) mass is 269 g/mol. The molecule has 2 rings (SSSR count). The molecular formula is C16H31NO2. The molecule has 0 amide bonds. The van der Waals surface area contributed by atoms with Gasteiger partial charge in [-0.3, -0.25) is 0 Å². The van der Waals surface area contributed by atoms with E-state index in [9.17, 15) is 5.11 Å². The van der Waals surface area contributed by atoms with Crippen molar-refractivity contribution in [2.24, 2.45) is 5.92 Å². The number of nitrogens with one attached hydrogen (secondary N) is 1. The highest BCUT2D eigenvalue weighted by Gasteiger charge is 2.31. The lowest BCUT2D eigenvalue weighted by atomic mass is 9.88. The van der Waals surface area contributed by atoms with E-state index in [2.05, 4.69) is 19.2 Å². The van der Waals surface area contributed by atoms with Crippen LogP contribution in [0.25, 0.3) is 0 Å². The minimum absolute atomic E-state index is 0.108. The highest BCUT2D eigenvalue weighted by molar-refractivity contribution is 4.92. The lowest BCUT2D eigenvalue weighted by molar-refractivity contribution is -0.00944. The molecule has 2 aliphatic carbocycles. The predicted octanol–water partition coefficient (Wildman–Crippen LogP) is 2.86. The van der Waals surface area contributed by atoms with E-state index in [1.54, 1.807) is 0 Å². The number of aliphatic hydroxyl groups excluding tert-OH is 1. The van der Waals surface area contributed by atoms with Crippen molar-refractivity contribution >= 4 is 0 Å². The average molecular weight is 269 g/mol. The SMILES string of the molecule is CC1CCCCC1OCCCC(C)(CO)NC1CC1. The van der Waals surface area contributed by atoms with Crippen molar-refractivity contribution < 1.29 is 9.84 Å². The van der Waals surface area contributed by atoms with E-state index >= 15 is 0 Å². The van der Waals surface area contributed by atoms with Crippen molar-refractivity contribution in [3.63, 3.8) is 0 Å². The Morgan fingerprint density at radius 2 is 1.95 bits per heavy atom. The Hall–Kier alpha value is -0.120. The van der Waals surface area contributed by atoms with Crippen LogP contribution in [0.2, 0.25) is 0 Å². The van der Waals surface area contributed by atoms with E-state index in [1.165, 1.54) is 38.5 Å². The molecule has 0 aromatic carbocycles. The Morgan fingerprint density at radius 1 is 1.21 bits per heavy atom. The van der Waals surface area contributed by atoms with Crippen LogP contribution in [-0.4, -0.2) is 36.0 Å². The van der Waals surface area contributed by atoms with Crippen LogP contribution < -0.4 is 5.32 Å². The Morgan fingerprint density at radius 3 is 2.58 bits per heavy atom. The average Bonchev–Trinajstić information content (AvgIpc) is 3.20. The second-order valence-corrected chi connectivity index (χ2v) is 6.91. The summed E-state index contributed by atoms with van der Waals surface area (Å²) in [6.07, 6.45) is 10.3. The molecule has 3 atom stereocenters. The summed E-state index contributed by atoms with van der Waals surface area (Å²) in [5.41, 5.74) is -0.108. The summed E-state index contributed by atoms with van der Waals surface area (Å²) in [7, 11) is 0. The second-order valence-electron chi connectivity index (χ2n) is 6.91. The van der Waals surface area contributed by atoms with Crippen molar-refractivity contribution in [2.45, 2.75) is 82.9 Å². The fourth-order valence-corrected chi connectivity index (χ4v) is 3.14. The minimum Gasteiger partial charge on any atom is -0.394 e. The lowest BCUT2D eigenvalue weighted by Crippen LogP contribution is -2.47. The fourth-order valence-electron chi connectivity index (χ4n) is 3.14. The topological polar surface area (TPSA) is 41.5 Å². The van der Waals surface area contributed by atoms with Crippen molar-refractivity contribution in [1.29, 1.82) is 0 Å². The van der Waals surface area contributed by atoms with Gasteiger partial charge in [0.05, 0.1) is 12.7 Å². The van der Waals surface area contributed by atoms with Gasteiger partial charge in [-0.05, 0) is 51.4 Å². The molecule has 0 aromatic heterocycles. The van der Waals surface area contributed by atoms with E-state index in [0.29, 0.717) is 12.1 Å². The first-order chi connectivity index (χ1) is 9.13. The van der Waals surface area contributed by atoms with E-state index in [4.69, 9.17) is 4.74 Å². The molecule has 2 saturated carbocycles. The Kier molecular flexibility index (Phi) is 5.67. The molecular weight excluding hydrogens is 238 g/mol. The molecule has 0 spiro atoms. The summed E-state index contributed by atoms with van der Waals surface area (Å²) in [5.74, 6) is 0.725. The van der Waals surface area contributed by atoms with Crippen LogP contribution in [0.3, 0.4) is 0 Å². The number of aliphatic hydroxyl groups is 1. The van der Waals surface area contributed by atoms with Gasteiger partial charge in [0.1, 0.15) is 0 Å². The zero-order valence-electron chi connectivity index (χ0n) is 12.7. The molecule has 112 valence electrons. The van der Waals surface area contributed by atoms with Gasteiger partial charge in [0.2, 0.25) is 0 Å². The molecule has 0 radical (unpaired) electrons. The molecule has 2 fully saturated rings.